The number of imidazole rings is 1. The Bertz CT molecular complexity index is 1130. The van der Waals surface area contributed by atoms with E-state index in [1.807, 2.05) is 30.1 Å². The molecule has 3 heterocycles. The van der Waals surface area contributed by atoms with Crippen LogP contribution in [0.15, 0.2) is 30.6 Å². The van der Waals surface area contributed by atoms with Gasteiger partial charge in [0.2, 0.25) is 11.2 Å². The molecule has 4 rings (SSSR count). The van der Waals surface area contributed by atoms with Gasteiger partial charge in [0.15, 0.2) is 17.0 Å². The molecule has 1 aliphatic heterocycles. The third-order valence-electron chi connectivity index (χ3n) is 5.06. The molecule has 4 atom stereocenters. The molecule has 1 saturated heterocycles. The molecule has 0 saturated carbocycles. The minimum atomic E-state index is -1.22. The number of fused-ring (bicyclic) bond motifs is 1. The Kier molecular flexibility index (Phi) is 6.58. The Morgan fingerprint density at radius 1 is 1.35 bits per heavy atom. The van der Waals surface area contributed by atoms with Crippen LogP contribution in [-0.4, -0.2) is 67.2 Å². The van der Waals surface area contributed by atoms with Crippen LogP contribution >= 0.6 is 46.0 Å². The lowest BCUT2D eigenvalue weighted by molar-refractivity contribution is -0.122. The molecule has 2 aromatic heterocycles. The van der Waals surface area contributed by atoms with Gasteiger partial charge in [-0.15, -0.1) is 11.8 Å². The van der Waals surface area contributed by atoms with Crippen LogP contribution in [0.25, 0.3) is 11.2 Å². The van der Waals surface area contributed by atoms with Crippen LogP contribution in [0.3, 0.4) is 0 Å². The molecule has 0 bridgehead atoms. The van der Waals surface area contributed by atoms with E-state index in [2.05, 4.69) is 48.9 Å². The molecule has 1 aromatic carbocycles. The summed E-state index contributed by atoms with van der Waals surface area (Å²) >= 11 is 9.64. The van der Waals surface area contributed by atoms with Gasteiger partial charge >= 0.3 is 0 Å². The second kappa shape index (κ2) is 9.06. The van der Waals surface area contributed by atoms with Gasteiger partial charge in [0.05, 0.1) is 6.33 Å². The first-order valence-electron chi connectivity index (χ1n) is 9.39. The molecule has 0 radical (unpaired) electrons. The first kappa shape index (κ1) is 22.5. The van der Waals surface area contributed by atoms with Crippen molar-refractivity contribution in [1.82, 2.24) is 24.8 Å². The fraction of sp³-hybridized carbons (Fsp3) is 0.368. The first-order chi connectivity index (χ1) is 14.8. The minimum Gasteiger partial charge on any atom is -0.389 e. The molecule has 3 N–H and O–H groups in total. The maximum atomic E-state index is 12.1. The highest BCUT2D eigenvalue weighted by molar-refractivity contribution is 14.1. The van der Waals surface area contributed by atoms with E-state index in [0.29, 0.717) is 23.5 Å². The Hall–Kier alpha value is -1.67. The Morgan fingerprint density at radius 2 is 2.13 bits per heavy atom. The molecule has 9 nitrogen and oxygen atoms in total. The van der Waals surface area contributed by atoms with Crippen molar-refractivity contribution >= 4 is 68.8 Å². The molecule has 3 aromatic rings. The summed E-state index contributed by atoms with van der Waals surface area (Å²) in [4.78, 5) is 27.1. The van der Waals surface area contributed by atoms with Gasteiger partial charge in [0.25, 0.3) is 0 Å². The summed E-state index contributed by atoms with van der Waals surface area (Å²) in [6.07, 6.45) is -0.864. The van der Waals surface area contributed by atoms with Crippen molar-refractivity contribution in [2.75, 3.05) is 19.0 Å². The lowest BCUT2D eigenvalue weighted by Gasteiger charge is -2.20. The third kappa shape index (κ3) is 4.33. The van der Waals surface area contributed by atoms with Crippen molar-refractivity contribution in [3.8, 4) is 0 Å². The van der Waals surface area contributed by atoms with Gasteiger partial charge in [-0.1, -0.05) is 12.1 Å². The number of thioether (sulfide) groups is 1. The first-order valence-corrected chi connectivity index (χ1v) is 11.8. The molecule has 31 heavy (non-hydrogen) atoms. The van der Waals surface area contributed by atoms with E-state index in [1.165, 1.54) is 13.4 Å². The van der Waals surface area contributed by atoms with Crippen LogP contribution in [0.2, 0.25) is 5.28 Å². The van der Waals surface area contributed by atoms with Crippen molar-refractivity contribution < 1.29 is 15.0 Å². The number of halogens is 2. The van der Waals surface area contributed by atoms with Crippen LogP contribution < -0.4 is 10.2 Å². The van der Waals surface area contributed by atoms with Crippen molar-refractivity contribution in [3.63, 3.8) is 0 Å². The Balaban J connectivity index is 1.69. The number of carbonyl (C=O) groups is 1. The highest BCUT2D eigenvalue weighted by Gasteiger charge is 2.47. The zero-order chi connectivity index (χ0) is 22.3. The smallest absolute Gasteiger partial charge is 0.235 e. The molecule has 12 heteroatoms. The second-order valence-electron chi connectivity index (χ2n) is 7.17. The van der Waals surface area contributed by atoms with E-state index in [-0.39, 0.29) is 11.2 Å². The number of hydrogen-bond donors (Lipinski definition) is 3. The zero-order valence-electron chi connectivity index (χ0n) is 16.6. The molecule has 1 aliphatic rings. The topological polar surface area (TPSA) is 116 Å². The maximum absolute atomic E-state index is 12.1. The van der Waals surface area contributed by atoms with Crippen LogP contribution in [0.4, 0.5) is 5.82 Å². The third-order valence-corrected chi connectivity index (χ3v) is 7.47. The van der Waals surface area contributed by atoms with Gasteiger partial charge in [0, 0.05) is 24.2 Å². The van der Waals surface area contributed by atoms with E-state index < -0.39 is 22.8 Å². The summed E-state index contributed by atoms with van der Waals surface area (Å²) in [6.45, 7) is 0.588. The maximum Gasteiger partial charge on any atom is 0.235 e. The quantitative estimate of drug-likeness (QED) is 0.312. The molecular weight excluding hydrogens is 555 g/mol. The fourth-order valence-electron chi connectivity index (χ4n) is 3.56. The van der Waals surface area contributed by atoms with E-state index >= 15 is 0 Å². The molecule has 0 aliphatic carbocycles. The SMILES string of the molecule is CNC(=O)C1SC(n2cnc3c(N(C)Cc4cccc(I)c4)nc(Cl)nc32)C(O)C1O. The zero-order valence-corrected chi connectivity index (χ0v) is 20.3. The lowest BCUT2D eigenvalue weighted by Crippen LogP contribution is -2.39. The van der Waals surface area contributed by atoms with Gasteiger partial charge in [0.1, 0.15) is 22.8 Å². The van der Waals surface area contributed by atoms with Gasteiger partial charge in [-0.05, 0) is 51.9 Å². The monoisotopic (exact) mass is 574 g/mol. The second-order valence-corrected chi connectivity index (χ2v) is 10.0. The molecular formula is C19H20ClIN6O3S. The van der Waals surface area contributed by atoms with Crippen molar-refractivity contribution in [2.24, 2.45) is 0 Å². The number of carbonyl (C=O) groups excluding carboxylic acids is 1. The van der Waals surface area contributed by atoms with E-state index in [9.17, 15) is 15.0 Å². The molecule has 1 amide bonds. The average molecular weight is 575 g/mol. The standard InChI is InChI=1S/C19H20ClIN6O3S/c1-22-17(30)14-12(28)13(29)18(31-14)27-8-23-11-15(24-19(20)25-16(11)27)26(2)7-9-4-3-5-10(21)6-9/h3-6,8,12-14,18,28-29H,7H2,1-2H3,(H,22,30). The highest BCUT2D eigenvalue weighted by atomic mass is 127. The predicted octanol–water partition coefficient (Wildman–Crippen LogP) is 1.80. The van der Waals surface area contributed by atoms with E-state index in [1.54, 1.807) is 4.57 Å². The largest absolute Gasteiger partial charge is 0.389 e. The molecule has 164 valence electrons. The summed E-state index contributed by atoms with van der Waals surface area (Å²) in [6, 6.07) is 8.14. The summed E-state index contributed by atoms with van der Waals surface area (Å²) in [5, 5.41) is 22.0. The van der Waals surface area contributed by atoms with Gasteiger partial charge < -0.3 is 20.4 Å². The minimum absolute atomic E-state index is 0.0413. The van der Waals surface area contributed by atoms with E-state index in [0.717, 1.165) is 20.9 Å². The van der Waals surface area contributed by atoms with E-state index in [4.69, 9.17) is 11.6 Å². The van der Waals surface area contributed by atoms with Gasteiger partial charge in [-0.2, -0.15) is 9.97 Å². The Labute approximate surface area is 201 Å². The number of hydrogen-bond acceptors (Lipinski definition) is 8. The Morgan fingerprint density at radius 3 is 2.84 bits per heavy atom. The van der Waals surface area contributed by atoms with Crippen molar-refractivity contribution in [1.29, 1.82) is 0 Å². The number of aromatic nitrogens is 4. The lowest BCUT2D eigenvalue weighted by atomic mass is 10.1. The number of aliphatic hydroxyl groups excluding tert-OH is 2. The number of rotatable bonds is 5. The highest BCUT2D eigenvalue weighted by Crippen LogP contribution is 2.43. The number of aliphatic hydroxyl groups is 2. The predicted molar refractivity (Wildman–Crippen MR) is 128 cm³/mol. The summed E-state index contributed by atoms with van der Waals surface area (Å²) < 4.78 is 2.77. The summed E-state index contributed by atoms with van der Waals surface area (Å²) in [5.41, 5.74) is 2.05. The van der Waals surface area contributed by atoms with Gasteiger partial charge in [-0.3, -0.25) is 9.36 Å². The number of anilines is 1. The average Bonchev–Trinajstić information content (AvgIpc) is 3.28. The number of nitrogens with one attached hydrogen (secondary N) is 1. The number of amides is 1. The summed E-state index contributed by atoms with van der Waals surface area (Å²) in [5.74, 6) is 0.197. The number of benzene rings is 1. The molecule has 4 unspecified atom stereocenters. The van der Waals surface area contributed by atoms with Crippen LogP contribution in [0.1, 0.15) is 10.9 Å². The van der Waals surface area contributed by atoms with Crippen LogP contribution in [-0.2, 0) is 11.3 Å². The normalized spacial score (nSPS) is 23.3. The fourth-order valence-corrected chi connectivity index (χ4v) is 5.80. The van der Waals surface area contributed by atoms with Crippen molar-refractivity contribution in [2.45, 2.75) is 29.4 Å². The van der Waals surface area contributed by atoms with Gasteiger partial charge in [-0.25, -0.2) is 4.98 Å². The number of nitrogens with zero attached hydrogens (tertiary/aromatic N) is 5. The molecule has 1 fully saturated rings. The van der Waals surface area contributed by atoms with Crippen LogP contribution in [0.5, 0.6) is 0 Å². The summed E-state index contributed by atoms with van der Waals surface area (Å²) in [7, 11) is 3.38. The molecule has 0 spiro atoms. The van der Waals surface area contributed by atoms with Crippen LogP contribution in [0, 0.1) is 3.57 Å². The van der Waals surface area contributed by atoms with Crippen molar-refractivity contribution in [3.05, 3.63) is 45.0 Å².